The van der Waals surface area contributed by atoms with Gasteiger partial charge in [0.1, 0.15) is 5.82 Å². The van der Waals surface area contributed by atoms with E-state index >= 15 is 0 Å². The molecule has 0 aliphatic carbocycles. The predicted octanol–water partition coefficient (Wildman–Crippen LogP) is 2.75. The van der Waals surface area contributed by atoms with Gasteiger partial charge in [-0.2, -0.15) is 15.2 Å². The molecule has 1 aromatic heterocycles. The predicted molar refractivity (Wildman–Crippen MR) is 71.9 cm³/mol. The lowest BCUT2D eigenvalue weighted by atomic mass is 10.4. The number of aryl methyl sites for hydroxylation is 1. The van der Waals surface area contributed by atoms with Gasteiger partial charge >= 0.3 is 0 Å². The third kappa shape index (κ3) is 4.13. The van der Waals surface area contributed by atoms with Crippen LogP contribution < -0.4 is 4.90 Å². The number of rotatable bonds is 4. The SMILES string of the molecule is CCN(CCC#N)c1nc(C)nc(C(Cl)(Cl)Cl)n1. The first kappa shape index (κ1) is 15.2. The number of hydrogen-bond donors (Lipinski definition) is 0. The maximum absolute atomic E-state index is 8.60. The molecule has 0 bridgehead atoms. The fraction of sp³-hybridized carbons (Fsp3) is 0.600. The lowest BCUT2D eigenvalue weighted by Crippen LogP contribution is -2.27. The average Bonchev–Trinajstić information content (AvgIpc) is 2.28. The van der Waals surface area contributed by atoms with Crippen LogP contribution in [0.3, 0.4) is 0 Å². The number of aromatic nitrogens is 3. The molecule has 98 valence electrons. The van der Waals surface area contributed by atoms with Crippen molar-refractivity contribution >= 4 is 40.8 Å². The molecular formula is C10H12Cl3N5. The van der Waals surface area contributed by atoms with Crippen molar-refractivity contribution in [1.82, 2.24) is 15.0 Å². The maximum atomic E-state index is 8.60. The van der Waals surface area contributed by atoms with Gasteiger partial charge in [-0.05, 0) is 13.8 Å². The van der Waals surface area contributed by atoms with Gasteiger partial charge in [0.25, 0.3) is 0 Å². The molecule has 0 aliphatic heterocycles. The molecule has 8 heteroatoms. The van der Waals surface area contributed by atoms with Crippen molar-refractivity contribution in [2.75, 3.05) is 18.0 Å². The molecule has 0 unspecified atom stereocenters. The van der Waals surface area contributed by atoms with Gasteiger partial charge < -0.3 is 4.90 Å². The molecular weight excluding hydrogens is 297 g/mol. The molecule has 0 saturated heterocycles. The highest BCUT2D eigenvalue weighted by Gasteiger charge is 2.28. The number of anilines is 1. The molecule has 0 amide bonds. The quantitative estimate of drug-likeness (QED) is 0.800. The first-order valence-electron chi connectivity index (χ1n) is 5.30. The van der Waals surface area contributed by atoms with Gasteiger partial charge in [0.15, 0.2) is 5.82 Å². The Bertz CT molecular complexity index is 452. The lowest BCUT2D eigenvalue weighted by Gasteiger charge is -2.21. The van der Waals surface area contributed by atoms with Gasteiger partial charge in [-0.25, -0.2) is 4.98 Å². The van der Waals surface area contributed by atoms with Crippen LogP contribution in [-0.2, 0) is 3.79 Å². The molecule has 0 spiro atoms. The van der Waals surface area contributed by atoms with E-state index in [0.29, 0.717) is 31.3 Å². The summed E-state index contributed by atoms with van der Waals surface area (Å²) < 4.78 is -1.68. The van der Waals surface area contributed by atoms with E-state index in [1.807, 2.05) is 11.8 Å². The second-order valence-electron chi connectivity index (χ2n) is 3.49. The van der Waals surface area contributed by atoms with Crippen molar-refractivity contribution in [1.29, 1.82) is 5.26 Å². The number of hydrogen-bond acceptors (Lipinski definition) is 5. The van der Waals surface area contributed by atoms with Crippen LogP contribution in [0.5, 0.6) is 0 Å². The van der Waals surface area contributed by atoms with Gasteiger partial charge in [0, 0.05) is 13.1 Å². The Hall–Kier alpha value is -0.830. The normalized spacial score (nSPS) is 11.1. The molecule has 18 heavy (non-hydrogen) atoms. The summed E-state index contributed by atoms with van der Waals surface area (Å²) in [6.45, 7) is 4.81. The van der Waals surface area contributed by atoms with Crippen LogP contribution in [0, 0.1) is 18.3 Å². The smallest absolute Gasteiger partial charge is 0.250 e. The van der Waals surface area contributed by atoms with E-state index < -0.39 is 3.79 Å². The second kappa shape index (κ2) is 6.37. The van der Waals surface area contributed by atoms with E-state index in [9.17, 15) is 0 Å². The average molecular weight is 309 g/mol. The highest BCUT2D eigenvalue weighted by molar-refractivity contribution is 6.66. The summed E-state index contributed by atoms with van der Waals surface area (Å²) in [7, 11) is 0. The van der Waals surface area contributed by atoms with Crippen molar-refractivity contribution in [2.24, 2.45) is 0 Å². The van der Waals surface area contributed by atoms with Crippen LogP contribution in [0.1, 0.15) is 25.0 Å². The zero-order valence-electron chi connectivity index (χ0n) is 9.99. The minimum atomic E-state index is -1.68. The first-order chi connectivity index (χ1) is 8.38. The van der Waals surface area contributed by atoms with Crippen LogP contribution in [0.25, 0.3) is 0 Å². The van der Waals surface area contributed by atoms with Crippen LogP contribution in [-0.4, -0.2) is 28.0 Å². The summed E-state index contributed by atoms with van der Waals surface area (Å²) in [5.74, 6) is 0.976. The number of nitrogens with zero attached hydrogens (tertiary/aromatic N) is 5. The van der Waals surface area contributed by atoms with Gasteiger partial charge in [0.05, 0.1) is 12.5 Å². The van der Waals surface area contributed by atoms with Crippen molar-refractivity contribution in [3.63, 3.8) is 0 Å². The third-order valence-electron chi connectivity index (χ3n) is 2.15. The molecule has 1 heterocycles. The molecule has 0 aliphatic rings. The van der Waals surface area contributed by atoms with Crippen LogP contribution in [0.4, 0.5) is 5.95 Å². The maximum Gasteiger partial charge on any atom is 0.250 e. The Labute approximate surface area is 121 Å². The van der Waals surface area contributed by atoms with Gasteiger partial charge in [-0.1, -0.05) is 34.8 Å². The summed E-state index contributed by atoms with van der Waals surface area (Å²) in [6.07, 6.45) is 0.377. The largest absolute Gasteiger partial charge is 0.340 e. The fourth-order valence-corrected chi connectivity index (χ4v) is 1.57. The highest BCUT2D eigenvalue weighted by Crippen LogP contribution is 2.36. The summed E-state index contributed by atoms with van der Waals surface area (Å²) in [6, 6.07) is 2.07. The molecule has 0 fully saturated rings. The Morgan fingerprint density at radius 1 is 1.28 bits per heavy atom. The Balaban J connectivity index is 3.08. The lowest BCUT2D eigenvalue weighted by molar-refractivity contribution is 0.759. The van der Waals surface area contributed by atoms with Gasteiger partial charge in [-0.15, -0.1) is 0 Å². The van der Waals surface area contributed by atoms with Crippen LogP contribution in [0.2, 0.25) is 0 Å². The van der Waals surface area contributed by atoms with E-state index in [0.717, 1.165) is 0 Å². The molecule has 0 atom stereocenters. The van der Waals surface area contributed by atoms with E-state index in [-0.39, 0.29) is 5.82 Å². The molecule has 0 saturated carbocycles. The summed E-state index contributed by atoms with van der Waals surface area (Å²) in [5.41, 5.74) is 0. The fourth-order valence-electron chi connectivity index (χ4n) is 1.32. The molecule has 1 rings (SSSR count). The van der Waals surface area contributed by atoms with Gasteiger partial charge in [0.2, 0.25) is 9.74 Å². The van der Waals surface area contributed by atoms with Crippen molar-refractivity contribution in [3.8, 4) is 6.07 Å². The topological polar surface area (TPSA) is 65.7 Å². The monoisotopic (exact) mass is 307 g/mol. The third-order valence-corrected chi connectivity index (χ3v) is 2.65. The van der Waals surface area contributed by atoms with E-state index in [1.54, 1.807) is 6.92 Å². The molecule has 1 aromatic rings. The van der Waals surface area contributed by atoms with Crippen molar-refractivity contribution < 1.29 is 0 Å². The number of halogens is 3. The minimum absolute atomic E-state index is 0.0883. The zero-order chi connectivity index (χ0) is 13.8. The standard InChI is InChI=1S/C10H12Cl3N5/c1-3-18(6-4-5-14)9-16-7(2)15-8(17-9)10(11,12)13/h3-4,6H2,1-2H3. The molecule has 0 aromatic carbocycles. The van der Waals surface area contributed by atoms with Crippen molar-refractivity contribution in [2.45, 2.75) is 24.1 Å². The second-order valence-corrected chi connectivity index (χ2v) is 5.77. The Morgan fingerprint density at radius 3 is 2.44 bits per heavy atom. The van der Waals surface area contributed by atoms with Gasteiger partial charge in [-0.3, -0.25) is 0 Å². The van der Waals surface area contributed by atoms with Crippen molar-refractivity contribution in [3.05, 3.63) is 11.6 Å². The minimum Gasteiger partial charge on any atom is -0.340 e. The van der Waals surface area contributed by atoms with E-state index in [1.165, 1.54) is 0 Å². The number of nitriles is 1. The van der Waals surface area contributed by atoms with Crippen LogP contribution in [0.15, 0.2) is 0 Å². The summed E-state index contributed by atoms with van der Waals surface area (Å²) in [5, 5.41) is 8.60. The summed E-state index contributed by atoms with van der Waals surface area (Å²) >= 11 is 17.3. The summed E-state index contributed by atoms with van der Waals surface area (Å²) in [4.78, 5) is 14.1. The molecule has 5 nitrogen and oxygen atoms in total. The molecule has 0 N–H and O–H groups in total. The molecule has 0 radical (unpaired) electrons. The number of alkyl halides is 3. The Kier molecular flexibility index (Phi) is 5.39. The van der Waals surface area contributed by atoms with Crippen LogP contribution >= 0.6 is 34.8 Å². The van der Waals surface area contributed by atoms with E-state index in [2.05, 4.69) is 21.0 Å². The Morgan fingerprint density at radius 2 is 1.94 bits per heavy atom. The first-order valence-corrected chi connectivity index (χ1v) is 6.43. The highest BCUT2D eigenvalue weighted by atomic mass is 35.6. The zero-order valence-corrected chi connectivity index (χ0v) is 12.3. The van der Waals surface area contributed by atoms with E-state index in [4.69, 9.17) is 40.1 Å².